The number of hydrogen-bond acceptors (Lipinski definition) is 4. The highest BCUT2D eigenvalue weighted by Gasteiger charge is 2.28. The van der Waals surface area contributed by atoms with Crippen LogP contribution in [0.1, 0.15) is 39.0 Å². The third-order valence-corrected chi connectivity index (χ3v) is 4.79. The minimum absolute atomic E-state index is 0.0308. The van der Waals surface area contributed by atoms with Crippen molar-refractivity contribution in [1.82, 2.24) is 5.32 Å². The van der Waals surface area contributed by atoms with Crippen molar-refractivity contribution >= 4 is 15.7 Å². The van der Waals surface area contributed by atoms with E-state index in [0.29, 0.717) is 18.9 Å². The highest BCUT2D eigenvalue weighted by atomic mass is 32.2. The molecule has 0 aromatic rings. The Morgan fingerprint density at radius 3 is 2.61 bits per heavy atom. The molecule has 1 amide bonds. The van der Waals surface area contributed by atoms with E-state index >= 15 is 0 Å². The Bertz CT molecular complexity index is 364. The molecule has 0 radical (unpaired) electrons. The van der Waals surface area contributed by atoms with Crippen LogP contribution in [0.4, 0.5) is 0 Å². The van der Waals surface area contributed by atoms with Gasteiger partial charge in [-0.3, -0.25) is 4.79 Å². The highest BCUT2D eigenvalue weighted by molar-refractivity contribution is 7.92. The molecule has 0 aliphatic heterocycles. The number of nitrogens with two attached hydrogens (primary N) is 1. The lowest BCUT2D eigenvalue weighted by atomic mass is 10.2. The van der Waals surface area contributed by atoms with E-state index in [1.54, 1.807) is 0 Å². The molecule has 0 saturated heterocycles. The van der Waals surface area contributed by atoms with Crippen LogP contribution in [0.25, 0.3) is 0 Å². The molecule has 1 saturated carbocycles. The predicted octanol–water partition coefficient (Wildman–Crippen LogP) is 0.445. The van der Waals surface area contributed by atoms with Gasteiger partial charge < -0.3 is 11.1 Å². The molecule has 1 rings (SSSR count). The Kier molecular flexibility index (Phi) is 6.08. The number of hydrogen-bond donors (Lipinski definition) is 2. The molecule has 0 bridgehead atoms. The van der Waals surface area contributed by atoms with Crippen molar-refractivity contribution in [3.05, 3.63) is 0 Å². The molecule has 0 heterocycles. The van der Waals surface area contributed by atoms with Crippen molar-refractivity contribution < 1.29 is 13.2 Å². The number of sulfone groups is 1. The zero-order valence-electron chi connectivity index (χ0n) is 11.0. The van der Waals surface area contributed by atoms with Crippen molar-refractivity contribution in [3.63, 3.8) is 0 Å². The van der Waals surface area contributed by atoms with E-state index in [1.807, 2.05) is 6.92 Å². The first-order valence-electron chi connectivity index (χ1n) is 6.67. The van der Waals surface area contributed by atoms with E-state index in [9.17, 15) is 13.2 Å². The van der Waals surface area contributed by atoms with Crippen LogP contribution in [-0.4, -0.2) is 38.4 Å². The van der Waals surface area contributed by atoms with Gasteiger partial charge in [0.15, 0.2) is 9.84 Å². The van der Waals surface area contributed by atoms with Crippen LogP contribution < -0.4 is 11.1 Å². The van der Waals surface area contributed by atoms with Gasteiger partial charge in [0.2, 0.25) is 5.91 Å². The summed E-state index contributed by atoms with van der Waals surface area (Å²) in [5.74, 6) is -0.231. The molecule has 0 spiro atoms. The molecule has 3 N–H and O–H groups in total. The molecule has 1 atom stereocenters. The summed E-state index contributed by atoms with van der Waals surface area (Å²) in [6.07, 6.45) is 4.72. The van der Waals surface area contributed by atoms with E-state index in [1.165, 1.54) is 0 Å². The maximum atomic E-state index is 11.6. The standard InChI is InChI=1S/C12H24N2O3S/c1-2-3-4-7-18(16,17)9-12(15)14-8-11(13)10-5-6-10/h10-11H,2-9,13H2,1H3,(H,14,15). The smallest absolute Gasteiger partial charge is 0.235 e. The molecule has 0 aromatic heterocycles. The minimum atomic E-state index is -3.26. The first-order valence-corrected chi connectivity index (χ1v) is 8.49. The summed E-state index contributed by atoms with van der Waals surface area (Å²) < 4.78 is 23.2. The molecule has 1 aliphatic rings. The van der Waals surface area contributed by atoms with Crippen LogP contribution in [0.3, 0.4) is 0 Å². The Balaban J connectivity index is 2.20. The largest absolute Gasteiger partial charge is 0.354 e. The fraction of sp³-hybridized carbons (Fsp3) is 0.917. The van der Waals surface area contributed by atoms with E-state index in [4.69, 9.17) is 5.73 Å². The Hall–Kier alpha value is -0.620. The zero-order chi connectivity index (χ0) is 13.6. The number of amides is 1. The van der Waals surface area contributed by atoms with Crippen LogP contribution >= 0.6 is 0 Å². The number of nitrogens with one attached hydrogen (secondary N) is 1. The van der Waals surface area contributed by atoms with E-state index < -0.39 is 21.5 Å². The maximum Gasteiger partial charge on any atom is 0.235 e. The number of carbonyl (C=O) groups excluding carboxylic acids is 1. The quantitative estimate of drug-likeness (QED) is 0.598. The minimum Gasteiger partial charge on any atom is -0.354 e. The van der Waals surface area contributed by atoms with Crippen LogP contribution in [0.15, 0.2) is 0 Å². The van der Waals surface area contributed by atoms with Crippen molar-refractivity contribution in [3.8, 4) is 0 Å². The van der Waals surface area contributed by atoms with Gasteiger partial charge in [0, 0.05) is 12.6 Å². The first-order chi connectivity index (χ1) is 8.44. The highest BCUT2D eigenvalue weighted by Crippen LogP contribution is 2.31. The topological polar surface area (TPSA) is 89.3 Å². The lowest BCUT2D eigenvalue weighted by Gasteiger charge is -2.11. The molecule has 5 nitrogen and oxygen atoms in total. The van der Waals surface area contributed by atoms with Crippen molar-refractivity contribution in [1.29, 1.82) is 0 Å². The number of unbranched alkanes of at least 4 members (excludes halogenated alkanes) is 2. The van der Waals surface area contributed by atoms with Crippen LogP contribution in [-0.2, 0) is 14.6 Å². The summed E-state index contributed by atoms with van der Waals surface area (Å²) in [6.45, 7) is 2.40. The first kappa shape index (κ1) is 15.4. The van der Waals surface area contributed by atoms with Gasteiger partial charge in [0.05, 0.1) is 5.75 Å². The van der Waals surface area contributed by atoms with Crippen LogP contribution in [0, 0.1) is 5.92 Å². The Morgan fingerprint density at radius 1 is 1.39 bits per heavy atom. The number of carbonyl (C=O) groups is 1. The van der Waals surface area contributed by atoms with Gasteiger partial charge in [0.25, 0.3) is 0 Å². The molecule has 0 aromatic carbocycles. The van der Waals surface area contributed by atoms with Crippen molar-refractivity contribution in [2.24, 2.45) is 11.7 Å². The van der Waals surface area contributed by atoms with Gasteiger partial charge >= 0.3 is 0 Å². The normalized spacial score (nSPS) is 17.4. The van der Waals surface area contributed by atoms with E-state index in [2.05, 4.69) is 5.32 Å². The summed E-state index contributed by atoms with van der Waals surface area (Å²) in [5.41, 5.74) is 5.83. The lowest BCUT2D eigenvalue weighted by Crippen LogP contribution is -2.41. The van der Waals surface area contributed by atoms with Gasteiger partial charge in [0.1, 0.15) is 5.75 Å². The van der Waals surface area contributed by atoms with Crippen LogP contribution in [0.5, 0.6) is 0 Å². The third-order valence-electron chi connectivity index (χ3n) is 3.17. The second kappa shape index (κ2) is 7.09. The lowest BCUT2D eigenvalue weighted by molar-refractivity contribution is -0.118. The molecular weight excluding hydrogens is 252 g/mol. The average molecular weight is 276 g/mol. The van der Waals surface area contributed by atoms with Gasteiger partial charge in [-0.15, -0.1) is 0 Å². The monoisotopic (exact) mass is 276 g/mol. The maximum absolute atomic E-state index is 11.6. The molecular formula is C12H24N2O3S. The summed E-state index contributed by atoms with van der Waals surface area (Å²) in [6, 6.07) is -0.0308. The fourth-order valence-corrected chi connectivity index (χ4v) is 3.11. The predicted molar refractivity (Wildman–Crippen MR) is 71.9 cm³/mol. The summed E-state index contributed by atoms with van der Waals surface area (Å²) in [5, 5.41) is 2.61. The van der Waals surface area contributed by atoms with Gasteiger partial charge in [-0.25, -0.2) is 8.42 Å². The van der Waals surface area contributed by atoms with Gasteiger partial charge in [-0.2, -0.15) is 0 Å². The number of rotatable bonds is 9. The fourth-order valence-electron chi connectivity index (χ4n) is 1.82. The Morgan fingerprint density at radius 2 is 2.06 bits per heavy atom. The molecule has 106 valence electrons. The van der Waals surface area contributed by atoms with Crippen LogP contribution in [0.2, 0.25) is 0 Å². The summed E-state index contributed by atoms with van der Waals surface area (Å²) in [4.78, 5) is 11.5. The molecule has 1 unspecified atom stereocenters. The second-order valence-corrected chi connectivity index (χ2v) is 7.29. The molecule has 1 fully saturated rings. The summed E-state index contributed by atoms with van der Waals surface area (Å²) >= 11 is 0. The van der Waals surface area contributed by atoms with E-state index in [0.717, 1.165) is 25.7 Å². The Labute approximate surface area is 109 Å². The van der Waals surface area contributed by atoms with E-state index in [-0.39, 0.29) is 11.8 Å². The molecule has 6 heteroatoms. The summed E-state index contributed by atoms with van der Waals surface area (Å²) in [7, 11) is -3.26. The SMILES string of the molecule is CCCCCS(=O)(=O)CC(=O)NCC(N)C1CC1. The van der Waals surface area contributed by atoms with Gasteiger partial charge in [-0.05, 0) is 25.2 Å². The van der Waals surface area contributed by atoms with Crippen molar-refractivity contribution in [2.45, 2.75) is 45.1 Å². The van der Waals surface area contributed by atoms with Crippen molar-refractivity contribution in [2.75, 3.05) is 18.1 Å². The zero-order valence-corrected chi connectivity index (χ0v) is 11.8. The average Bonchev–Trinajstić information content (AvgIpc) is 3.09. The molecule has 18 heavy (non-hydrogen) atoms. The second-order valence-electron chi connectivity index (χ2n) is 5.10. The van der Waals surface area contributed by atoms with Gasteiger partial charge in [-0.1, -0.05) is 19.8 Å². The molecule has 1 aliphatic carbocycles. The third kappa shape index (κ3) is 6.35.